The van der Waals surface area contributed by atoms with Crippen molar-refractivity contribution >= 4 is 0 Å². The van der Waals surface area contributed by atoms with Gasteiger partial charge in [0.25, 0.3) is 0 Å². The summed E-state index contributed by atoms with van der Waals surface area (Å²) in [5.74, 6) is 0.789. The van der Waals surface area contributed by atoms with Gasteiger partial charge in [0.1, 0.15) is 11.6 Å². The molecular weight excluding hydrogens is 265 g/mol. The Morgan fingerprint density at radius 1 is 1.24 bits per heavy atom. The number of hydrogen-bond acceptors (Lipinski definition) is 2. The number of nitrogens with one attached hydrogen (secondary N) is 1. The minimum Gasteiger partial charge on any atom is -0.327 e. The van der Waals surface area contributed by atoms with Gasteiger partial charge in [-0.1, -0.05) is 6.07 Å². The molecule has 0 amide bonds. The molecule has 1 N–H and O–H groups in total. The molecule has 0 atom stereocenters. The zero-order valence-corrected chi connectivity index (χ0v) is 13.5. The molecule has 2 aromatic rings. The molecule has 1 heterocycles. The van der Waals surface area contributed by atoms with Crippen LogP contribution < -0.4 is 5.32 Å². The lowest BCUT2D eigenvalue weighted by Crippen LogP contribution is -2.35. The van der Waals surface area contributed by atoms with Gasteiger partial charge in [0.15, 0.2) is 0 Å². The van der Waals surface area contributed by atoms with Crippen LogP contribution in [0.2, 0.25) is 0 Å². The number of benzene rings is 1. The lowest BCUT2D eigenvalue weighted by atomic mass is 10.1. The van der Waals surface area contributed by atoms with Gasteiger partial charge >= 0.3 is 0 Å². The maximum Gasteiger partial charge on any atom is 0.123 e. The van der Waals surface area contributed by atoms with Crippen LogP contribution in [0, 0.1) is 19.7 Å². The van der Waals surface area contributed by atoms with Gasteiger partial charge in [-0.15, -0.1) is 0 Å². The van der Waals surface area contributed by atoms with E-state index in [0.717, 1.165) is 35.7 Å². The maximum absolute atomic E-state index is 13.2. The highest BCUT2D eigenvalue weighted by atomic mass is 19.1. The van der Waals surface area contributed by atoms with Gasteiger partial charge in [-0.25, -0.2) is 9.37 Å². The summed E-state index contributed by atoms with van der Waals surface area (Å²) in [5, 5.41) is 3.48. The highest BCUT2D eigenvalue weighted by Crippen LogP contribution is 2.15. The van der Waals surface area contributed by atoms with E-state index in [4.69, 9.17) is 0 Å². The fourth-order valence-electron chi connectivity index (χ4n) is 2.23. The molecule has 0 radical (unpaired) electrons. The number of hydrogen-bond donors (Lipinski definition) is 1. The summed E-state index contributed by atoms with van der Waals surface area (Å²) in [4.78, 5) is 4.41. The summed E-state index contributed by atoms with van der Waals surface area (Å²) >= 11 is 0. The number of nitrogens with zero attached hydrogens (tertiary/aromatic N) is 2. The SMILES string of the molecule is Cc1cc(F)ccc1Cn1c(CNC(C)(C)C)cnc1C. The van der Waals surface area contributed by atoms with Crippen LogP contribution in [0.3, 0.4) is 0 Å². The van der Waals surface area contributed by atoms with Crippen molar-refractivity contribution < 1.29 is 4.39 Å². The lowest BCUT2D eigenvalue weighted by molar-refractivity contribution is 0.416. The van der Waals surface area contributed by atoms with Gasteiger partial charge in [-0.2, -0.15) is 0 Å². The third-order valence-electron chi connectivity index (χ3n) is 3.57. The smallest absolute Gasteiger partial charge is 0.123 e. The molecule has 2 rings (SSSR count). The molecule has 0 saturated carbocycles. The fraction of sp³-hybridized carbons (Fsp3) is 0.471. The zero-order valence-electron chi connectivity index (χ0n) is 13.5. The molecule has 114 valence electrons. The van der Waals surface area contributed by atoms with Gasteiger partial charge in [-0.05, 0) is 57.9 Å². The van der Waals surface area contributed by atoms with Crippen molar-refractivity contribution in [3.05, 3.63) is 52.9 Å². The van der Waals surface area contributed by atoms with E-state index in [9.17, 15) is 4.39 Å². The van der Waals surface area contributed by atoms with Crippen LogP contribution in [0.25, 0.3) is 0 Å². The van der Waals surface area contributed by atoms with Gasteiger partial charge in [-0.3, -0.25) is 0 Å². The predicted molar refractivity (Wildman–Crippen MR) is 83.8 cm³/mol. The molecule has 0 unspecified atom stereocenters. The molecule has 0 spiro atoms. The molecule has 0 aliphatic rings. The highest BCUT2D eigenvalue weighted by Gasteiger charge is 2.13. The number of rotatable bonds is 4. The second-order valence-electron chi connectivity index (χ2n) is 6.56. The fourth-order valence-corrected chi connectivity index (χ4v) is 2.23. The van der Waals surface area contributed by atoms with Crippen molar-refractivity contribution in [1.29, 1.82) is 0 Å². The molecule has 1 aromatic carbocycles. The number of aryl methyl sites for hydroxylation is 2. The molecule has 0 bridgehead atoms. The molecule has 0 aliphatic heterocycles. The largest absolute Gasteiger partial charge is 0.327 e. The Kier molecular flexibility index (Phi) is 4.47. The van der Waals surface area contributed by atoms with E-state index in [1.807, 2.05) is 26.1 Å². The summed E-state index contributed by atoms with van der Waals surface area (Å²) in [7, 11) is 0. The zero-order chi connectivity index (χ0) is 15.6. The summed E-state index contributed by atoms with van der Waals surface area (Å²) in [5.41, 5.74) is 3.30. The summed E-state index contributed by atoms with van der Waals surface area (Å²) in [6, 6.07) is 4.95. The van der Waals surface area contributed by atoms with Gasteiger partial charge in [0.2, 0.25) is 0 Å². The van der Waals surface area contributed by atoms with E-state index in [2.05, 4.69) is 35.6 Å². The lowest BCUT2D eigenvalue weighted by Gasteiger charge is -2.21. The minimum atomic E-state index is -0.187. The first-order chi connectivity index (χ1) is 9.76. The highest BCUT2D eigenvalue weighted by molar-refractivity contribution is 5.27. The monoisotopic (exact) mass is 289 g/mol. The third-order valence-corrected chi connectivity index (χ3v) is 3.57. The van der Waals surface area contributed by atoms with E-state index in [-0.39, 0.29) is 11.4 Å². The molecule has 0 aliphatic carbocycles. The molecule has 0 saturated heterocycles. The van der Waals surface area contributed by atoms with Crippen LogP contribution in [0.15, 0.2) is 24.4 Å². The first kappa shape index (κ1) is 15.7. The Morgan fingerprint density at radius 3 is 2.57 bits per heavy atom. The normalized spacial score (nSPS) is 11.9. The topological polar surface area (TPSA) is 29.9 Å². The van der Waals surface area contributed by atoms with Crippen molar-refractivity contribution in [3.8, 4) is 0 Å². The Hall–Kier alpha value is -1.68. The van der Waals surface area contributed by atoms with E-state index in [0.29, 0.717) is 0 Å². The average molecular weight is 289 g/mol. The summed E-state index contributed by atoms with van der Waals surface area (Å²) in [6.45, 7) is 11.9. The van der Waals surface area contributed by atoms with Crippen LogP contribution in [-0.4, -0.2) is 15.1 Å². The minimum absolute atomic E-state index is 0.0643. The first-order valence-electron chi connectivity index (χ1n) is 7.27. The van der Waals surface area contributed by atoms with Gasteiger partial charge in [0.05, 0.1) is 5.69 Å². The van der Waals surface area contributed by atoms with Crippen LogP contribution in [0.1, 0.15) is 43.4 Å². The molecular formula is C17H24FN3. The van der Waals surface area contributed by atoms with Crippen molar-refractivity contribution in [2.45, 2.75) is 53.2 Å². The molecule has 21 heavy (non-hydrogen) atoms. The maximum atomic E-state index is 13.2. The first-order valence-corrected chi connectivity index (χ1v) is 7.27. The Balaban J connectivity index is 2.21. The van der Waals surface area contributed by atoms with Crippen molar-refractivity contribution in [1.82, 2.24) is 14.9 Å². The predicted octanol–water partition coefficient (Wildman–Crippen LogP) is 3.58. The Morgan fingerprint density at radius 2 is 1.95 bits per heavy atom. The van der Waals surface area contributed by atoms with E-state index < -0.39 is 0 Å². The van der Waals surface area contributed by atoms with Crippen LogP contribution in [-0.2, 0) is 13.1 Å². The Bertz CT molecular complexity index is 623. The van der Waals surface area contributed by atoms with Gasteiger partial charge in [0, 0.05) is 24.8 Å². The number of halogens is 1. The summed E-state index contributed by atoms with van der Waals surface area (Å²) < 4.78 is 15.4. The van der Waals surface area contributed by atoms with Crippen molar-refractivity contribution in [3.63, 3.8) is 0 Å². The molecule has 3 nitrogen and oxygen atoms in total. The van der Waals surface area contributed by atoms with Crippen LogP contribution >= 0.6 is 0 Å². The van der Waals surface area contributed by atoms with Crippen molar-refractivity contribution in [2.75, 3.05) is 0 Å². The molecule has 0 fully saturated rings. The number of imidazole rings is 1. The van der Waals surface area contributed by atoms with Crippen molar-refractivity contribution in [2.24, 2.45) is 0 Å². The van der Waals surface area contributed by atoms with E-state index >= 15 is 0 Å². The summed E-state index contributed by atoms with van der Waals surface area (Å²) in [6.07, 6.45) is 1.91. The second kappa shape index (κ2) is 5.98. The molecule has 1 aromatic heterocycles. The number of aromatic nitrogens is 2. The van der Waals surface area contributed by atoms with Crippen LogP contribution in [0.4, 0.5) is 4.39 Å². The second-order valence-corrected chi connectivity index (χ2v) is 6.56. The van der Waals surface area contributed by atoms with Crippen LogP contribution in [0.5, 0.6) is 0 Å². The molecule has 4 heteroatoms. The quantitative estimate of drug-likeness (QED) is 0.932. The average Bonchev–Trinajstić information content (AvgIpc) is 2.71. The standard InChI is InChI=1S/C17H24FN3/c1-12-8-15(18)7-6-14(12)11-21-13(2)19-9-16(21)10-20-17(3,4)5/h6-9,20H,10-11H2,1-5H3. The Labute approximate surface area is 126 Å². The van der Waals surface area contributed by atoms with Gasteiger partial charge < -0.3 is 9.88 Å². The third kappa shape index (κ3) is 4.14. The van der Waals surface area contributed by atoms with E-state index in [1.165, 1.54) is 6.07 Å². The van der Waals surface area contributed by atoms with E-state index in [1.54, 1.807) is 6.07 Å².